The second kappa shape index (κ2) is 7.28. The quantitative estimate of drug-likeness (QED) is 0.681. The minimum atomic E-state index is 0.594. The van der Waals surface area contributed by atoms with Gasteiger partial charge in [-0.3, -0.25) is 0 Å². The summed E-state index contributed by atoms with van der Waals surface area (Å²) in [5.74, 6) is 0.594. The summed E-state index contributed by atoms with van der Waals surface area (Å²) in [6.45, 7) is 1.07. The Morgan fingerprint density at radius 2 is 2.10 bits per heavy atom. The van der Waals surface area contributed by atoms with Gasteiger partial charge in [0.05, 0.1) is 0 Å². The summed E-state index contributed by atoms with van der Waals surface area (Å²) in [4.78, 5) is 1.44. The molecule has 0 aliphatic heterocycles. The molecule has 1 atom stereocenters. The average molecular weight is 385 g/mol. The van der Waals surface area contributed by atoms with Crippen molar-refractivity contribution in [2.45, 2.75) is 31.7 Å². The van der Waals surface area contributed by atoms with Crippen LogP contribution in [0.25, 0.3) is 0 Å². The van der Waals surface area contributed by atoms with Crippen LogP contribution in [0, 0.1) is 5.92 Å². The zero-order valence-electron chi connectivity index (χ0n) is 11.8. The summed E-state index contributed by atoms with van der Waals surface area (Å²) < 4.78 is 1.19. The highest BCUT2D eigenvalue weighted by Gasteiger charge is 2.22. The molecule has 3 rings (SSSR count). The van der Waals surface area contributed by atoms with E-state index in [4.69, 9.17) is 11.6 Å². The van der Waals surface area contributed by atoms with Gasteiger partial charge in [0, 0.05) is 25.8 Å². The van der Waals surface area contributed by atoms with Crippen LogP contribution in [0.15, 0.2) is 40.2 Å². The van der Waals surface area contributed by atoms with Crippen LogP contribution < -0.4 is 5.32 Å². The molecular formula is C17H19BrClNS. The number of rotatable bonds is 7. The molecule has 1 saturated carbocycles. The van der Waals surface area contributed by atoms with E-state index >= 15 is 0 Å². The molecule has 1 heterocycles. The van der Waals surface area contributed by atoms with Crippen LogP contribution in [0.2, 0.25) is 5.02 Å². The molecule has 0 radical (unpaired) electrons. The highest BCUT2D eigenvalue weighted by molar-refractivity contribution is 9.10. The van der Waals surface area contributed by atoms with Crippen LogP contribution >= 0.6 is 38.9 Å². The lowest BCUT2D eigenvalue weighted by molar-refractivity contribution is 0.471. The van der Waals surface area contributed by atoms with E-state index in [9.17, 15) is 0 Å². The van der Waals surface area contributed by atoms with Crippen molar-refractivity contribution in [1.82, 2.24) is 5.32 Å². The minimum absolute atomic E-state index is 0.594. The summed E-state index contributed by atoms with van der Waals surface area (Å²) in [6.07, 6.45) is 4.82. The normalized spacial score (nSPS) is 16.1. The molecular weight excluding hydrogens is 366 g/mol. The van der Waals surface area contributed by atoms with Gasteiger partial charge in [0.15, 0.2) is 0 Å². The fourth-order valence-corrected chi connectivity index (χ4v) is 4.34. The van der Waals surface area contributed by atoms with Crippen molar-refractivity contribution < 1.29 is 0 Å². The number of halogens is 2. The van der Waals surface area contributed by atoms with E-state index < -0.39 is 0 Å². The average Bonchev–Trinajstić information content (AvgIpc) is 3.21. The lowest BCUT2D eigenvalue weighted by Crippen LogP contribution is -2.27. The summed E-state index contributed by atoms with van der Waals surface area (Å²) in [6, 6.07) is 11.2. The molecule has 1 unspecified atom stereocenters. The van der Waals surface area contributed by atoms with Crippen molar-refractivity contribution in [3.8, 4) is 0 Å². The number of hydrogen-bond acceptors (Lipinski definition) is 2. The van der Waals surface area contributed by atoms with Gasteiger partial charge < -0.3 is 5.32 Å². The topological polar surface area (TPSA) is 12.0 Å². The van der Waals surface area contributed by atoms with E-state index in [1.165, 1.54) is 27.8 Å². The fourth-order valence-electron chi connectivity index (χ4n) is 2.56. The molecule has 1 aromatic heterocycles. The van der Waals surface area contributed by atoms with E-state index in [2.05, 4.69) is 44.8 Å². The highest BCUT2D eigenvalue weighted by Crippen LogP contribution is 2.26. The Morgan fingerprint density at radius 1 is 1.29 bits per heavy atom. The van der Waals surface area contributed by atoms with Gasteiger partial charge in [0.2, 0.25) is 0 Å². The Morgan fingerprint density at radius 3 is 2.76 bits per heavy atom. The Bertz CT molecular complexity index is 594. The second-order valence-corrected chi connectivity index (χ2v) is 8.10. The van der Waals surface area contributed by atoms with Crippen LogP contribution in [0.4, 0.5) is 0 Å². The van der Waals surface area contributed by atoms with Crippen LogP contribution in [0.5, 0.6) is 0 Å². The zero-order valence-corrected chi connectivity index (χ0v) is 15.0. The second-order valence-electron chi connectivity index (χ2n) is 5.78. The zero-order chi connectivity index (χ0) is 14.7. The molecule has 0 amide bonds. The molecule has 4 heteroatoms. The van der Waals surface area contributed by atoms with Crippen molar-refractivity contribution >= 4 is 38.9 Å². The third-order valence-corrected chi connectivity index (χ3v) is 5.94. The van der Waals surface area contributed by atoms with Crippen LogP contribution in [-0.4, -0.2) is 12.6 Å². The number of hydrogen-bond donors (Lipinski definition) is 1. The van der Waals surface area contributed by atoms with E-state index in [-0.39, 0.29) is 0 Å². The van der Waals surface area contributed by atoms with E-state index in [1.54, 1.807) is 0 Å². The Kier molecular flexibility index (Phi) is 5.38. The Labute approximate surface area is 143 Å². The number of benzene rings is 1. The van der Waals surface area contributed by atoms with Crippen molar-refractivity contribution in [2.75, 3.05) is 6.54 Å². The third kappa shape index (κ3) is 4.82. The molecule has 1 aliphatic carbocycles. The molecule has 1 nitrogen and oxygen atoms in total. The summed E-state index contributed by atoms with van der Waals surface area (Å²) >= 11 is 11.7. The summed E-state index contributed by atoms with van der Waals surface area (Å²) in [7, 11) is 0. The van der Waals surface area contributed by atoms with E-state index in [0.29, 0.717) is 5.92 Å². The molecule has 1 fully saturated rings. The highest BCUT2D eigenvalue weighted by atomic mass is 79.9. The standard InChI is InChI=1S/C17H19BrClNS/c18-14-9-16(21-11-14)8-12(10-20-15-5-6-15)7-13-3-1-2-4-17(13)19/h1-4,9,11-12,15,20H,5-8,10H2. The van der Waals surface area contributed by atoms with Crippen LogP contribution in [0.1, 0.15) is 23.3 Å². The predicted octanol–water partition coefficient (Wildman–Crippen LogP) is 5.32. The number of nitrogens with one attached hydrogen (secondary N) is 1. The first-order valence-corrected chi connectivity index (χ1v) is 9.45. The van der Waals surface area contributed by atoms with E-state index in [0.717, 1.165) is 30.5 Å². The molecule has 0 bridgehead atoms. The molecule has 1 aliphatic rings. The van der Waals surface area contributed by atoms with Crippen molar-refractivity contribution in [2.24, 2.45) is 5.92 Å². The van der Waals surface area contributed by atoms with Gasteiger partial charge in [0.25, 0.3) is 0 Å². The molecule has 1 N–H and O–H groups in total. The van der Waals surface area contributed by atoms with Crippen molar-refractivity contribution in [1.29, 1.82) is 0 Å². The lowest BCUT2D eigenvalue weighted by atomic mass is 9.95. The largest absolute Gasteiger partial charge is 0.314 e. The predicted molar refractivity (Wildman–Crippen MR) is 95.4 cm³/mol. The Hall–Kier alpha value is -0.350. The van der Waals surface area contributed by atoms with Gasteiger partial charge in [-0.25, -0.2) is 0 Å². The van der Waals surface area contributed by atoms with E-state index in [1.807, 2.05) is 23.5 Å². The lowest BCUT2D eigenvalue weighted by Gasteiger charge is -2.18. The molecule has 2 aromatic rings. The SMILES string of the molecule is Clc1ccccc1CC(CNC1CC1)Cc1cc(Br)cs1. The first-order valence-electron chi connectivity index (χ1n) is 7.40. The molecule has 1 aromatic carbocycles. The van der Waals surface area contributed by atoms with Gasteiger partial charge in [-0.1, -0.05) is 29.8 Å². The monoisotopic (exact) mass is 383 g/mol. The van der Waals surface area contributed by atoms with Gasteiger partial charge in [-0.15, -0.1) is 11.3 Å². The maximum absolute atomic E-state index is 6.33. The Balaban J connectivity index is 1.67. The van der Waals surface area contributed by atoms with Gasteiger partial charge in [-0.2, -0.15) is 0 Å². The smallest absolute Gasteiger partial charge is 0.0438 e. The maximum Gasteiger partial charge on any atom is 0.0438 e. The first-order chi connectivity index (χ1) is 10.2. The van der Waals surface area contributed by atoms with Crippen molar-refractivity contribution in [3.63, 3.8) is 0 Å². The molecule has 0 saturated heterocycles. The molecule has 0 spiro atoms. The van der Waals surface area contributed by atoms with Gasteiger partial charge in [-0.05, 0) is 71.8 Å². The summed E-state index contributed by atoms with van der Waals surface area (Å²) in [5, 5.41) is 6.73. The molecule has 21 heavy (non-hydrogen) atoms. The molecule has 112 valence electrons. The summed E-state index contributed by atoms with van der Waals surface area (Å²) in [5.41, 5.74) is 1.26. The maximum atomic E-state index is 6.33. The van der Waals surface area contributed by atoms with Gasteiger partial charge in [0.1, 0.15) is 0 Å². The third-order valence-electron chi connectivity index (χ3n) is 3.85. The van der Waals surface area contributed by atoms with Gasteiger partial charge >= 0.3 is 0 Å². The van der Waals surface area contributed by atoms with Crippen molar-refractivity contribution in [3.05, 3.63) is 55.6 Å². The van der Waals surface area contributed by atoms with Crippen LogP contribution in [-0.2, 0) is 12.8 Å². The van der Waals surface area contributed by atoms with Crippen LogP contribution in [0.3, 0.4) is 0 Å². The number of thiophene rings is 1. The minimum Gasteiger partial charge on any atom is -0.314 e. The fraction of sp³-hybridized carbons (Fsp3) is 0.412. The first kappa shape index (κ1) is 15.5.